The molecule has 122 valence electrons. The molecular weight excluding hydrogens is 328 g/mol. The van der Waals surface area contributed by atoms with Crippen molar-refractivity contribution in [2.75, 3.05) is 6.61 Å². The molecule has 4 heterocycles. The molecule has 0 bridgehead atoms. The monoisotopic (exact) mass is 348 g/mol. The number of nitrogens with zero attached hydrogens (tertiary/aromatic N) is 1. The number of halogens is 1. The SMILES string of the molecule is C[C@H]1C[C@@]2(CC[C@@H](c3ccncc3)N1)OCCc1cc(Cl)sc12. The Kier molecular flexibility index (Phi) is 4.18. The van der Waals surface area contributed by atoms with Crippen molar-refractivity contribution in [3.05, 3.63) is 50.9 Å². The van der Waals surface area contributed by atoms with Gasteiger partial charge in [-0.25, -0.2) is 0 Å². The summed E-state index contributed by atoms with van der Waals surface area (Å²) in [5.41, 5.74) is 2.53. The van der Waals surface area contributed by atoms with Gasteiger partial charge in [0.2, 0.25) is 0 Å². The molecule has 5 heteroatoms. The first-order valence-corrected chi connectivity index (χ1v) is 9.44. The van der Waals surface area contributed by atoms with Crippen LogP contribution in [-0.4, -0.2) is 17.6 Å². The fraction of sp³-hybridized carbons (Fsp3) is 0.500. The maximum absolute atomic E-state index is 6.38. The summed E-state index contributed by atoms with van der Waals surface area (Å²) < 4.78 is 7.26. The third kappa shape index (κ3) is 2.93. The van der Waals surface area contributed by atoms with Gasteiger partial charge in [0, 0.05) is 29.4 Å². The van der Waals surface area contributed by atoms with Gasteiger partial charge in [-0.05, 0) is 61.9 Å². The van der Waals surface area contributed by atoms with Gasteiger partial charge in [-0.3, -0.25) is 4.98 Å². The van der Waals surface area contributed by atoms with E-state index < -0.39 is 0 Å². The Balaban J connectivity index is 1.65. The van der Waals surface area contributed by atoms with Crippen LogP contribution < -0.4 is 5.32 Å². The molecule has 1 N–H and O–H groups in total. The Hall–Kier alpha value is -0.940. The van der Waals surface area contributed by atoms with Gasteiger partial charge in [0.1, 0.15) is 5.60 Å². The summed E-state index contributed by atoms with van der Waals surface area (Å²) in [6.07, 6.45) is 7.81. The zero-order valence-corrected chi connectivity index (χ0v) is 14.8. The van der Waals surface area contributed by atoms with Gasteiger partial charge in [-0.15, -0.1) is 11.3 Å². The molecule has 0 aliphatic carbocycles. The molecule has 1 fully saturated rings. The third-order valence-electron chi connectivity index (χ3n) is 5.01. The molecule has 1 saturated heterocycles. The van der Waals surface area contributed by atoms with E-state index in [0.717, 1.165) is 36.6 Å². The summed E-state index contributed by atoms with van der Waals surface area (Å²) in [6.45, 7) is 3.06. The van der Waals surface area contributed by atoms with Gasteiger partial charge >= 0.3 is 0 Å². The van der Waals surface area contributed by atoms with Gasteiger partial charge in [0.25, 0.3) is 0 Å². The summed E-state index contributed by atoms with van der Waals surface area (Å²) in [6, 6.07) is 7.10. The second-order valence-corrected chi connectivity index (χ2v) is 8.32. The second kappa shape index (κ2) is 6.17. The van der Waals surface area contributed by atoms with Crippen molar-refractivity contribution in [1.82, 2.24) is 10.3 Å². The van der Waals surface area contributed by atoms with Crippen molar-refractivity contribution in [3.8, 4) is 0 Å². The molecule has 2 aliphatic rings. The van der Waals surface area contributed by atoms with E-state index in [1.54, 1.807) is 11.3 Å². The lowest BCUT2D eigenvalue weighted by Gasteiger charge is -2.37. The van der Waals surface area contributed by atoms with Crippen LogP contribution in [0.1, 0.15) is 48.2 Å². The largest absolute Gasteiger partial charge is 0.369 e. The standard InChI is InChI=1S/C18H21ClN2OS/c1-12-11-18(17-14(5-9-22-18)10-16(19)23-17)6-2-15(21-12)13-3-7-20-8-4-13/h3-4,7-8,10,12,15,21H,2,5-6,9,11H2,1H3/t12-,15-,18+/m0/s1. The number of thiophene rings is 1. The van der Waals surface area contributed by atoms with Crippen LogP contribution in [-0.2, 0) is 16.8 Å². The Morgan fingerprint density at radius 1 is 1.39 bits per heavy atom. The molecule has 0 amide bonds. The molecule has 3 nitrogen and oxygen atoms in total. The number of rotatable bonds is 1. The van der Waals surface area contributed by atoms with Gasteiger partial charge in [0.05, 0.1) is 10.9 Å². The number of ether oxygens (including phenoxy) is 1. The maximum atomic E-state index is 6.38. The molecule has 3 atom stereocenters. The van der Waals surface area contributed by atoms with Crippen molar-refractivity contribution in [3.63, 3.8) is 0 Å². The Morgan fingerprint density at radius 3 is 3.04 bits per heavy atom. The molecule has 2 aliphatic heterocycles. The molecule has 23 heavy (non-hydrogen) atoms. The smallest absolute Gasteiger partial charge is 0.104 e. The average molecular weight is 349 g/mol. The number of hydrogen-bond donors (Lipinski definition) is 1. The Labute approximate surface area is 146 Å². The van der Waals surface area contributed by atoms with Crippen molar-refractivity contribution in [2.24, 2.45) is 0 Å². The quantitative estimate of drug-likeness (QED) is 0.825. The fourth-order valence-corrected chi connectivity index (χ4v) is 5.53. The Bertz CT molecular complexity index is 690. The van der Waals surface area contributed by atoms with E-state index >= 15 is 0 Å². The van der Waals surface area contributed by atoms with Crippen LogP contribution in [0.4, 0.5) is 0 Å². The van der Waals surface area contributed by atoms with E-state index in [9.17, 15) is 0 Å². The maximum Gasteiger partial charge on any atom is 0.104 e. The topological polar surface area (TPSA) is 34.2 Å². The number of hydrogen-bond acceptors (Lipinski definition) is 4. The predicted octanol–water partition coefficient (Wildman–Crippen LogP) is 4.47. The van der Waals surface area contributed by atoms with Crippen molar-refractivity contribution >= 4 is 22.9 Å². The Morgan fingerprint density at radius 2 is 2.22 bits per heavy atom. The molecule has 0 radical (unpaired) electrons. The predicted molar refractivity (Wildman–Crippen MR) is 94.1 cm³/mol. The van der Waals surface area contributed by atoms with Crippen molar-refractivity contribution in [1.29, 1.82) is 0 Å². The molecular formula is C18H21ClN2OS. The van der Waals surface area contributed by atoms with Crippen LogP contribution in [0.3, 0.4) is 0 Å². The minimum Gasteiger partial charge on any atom is -0.369 e. The van der Waals surface area contributed by atoms with E-state index in [-0.39, 0.29) is 5.60 Å². The van der Waals surface area contributed by atoms with E-state index in [1.165, 1.54) is 16.0 Å². The first kappa shape index (κ1) is 15.6. The van der Waals surface area contributed by atoms with Crippen LogP contribution in [0.2, 0.25) is 4.34 Å². The van der Waals surface area contributed by atoms with Crippen molar-refractivity contribution in [2.45, 2.75) is 50.3 Å². The molecule has 0 unspecified atom stereocenters. The minimum absolute atomic E-state index is 0.167. The summed E-state index contributed by atoms with van der Waals surface area (Å²) in [4.78, 5) is 5.49. The molecule has 2 aromatic rings. The first-order chi connectivity index (χ1) is 11.2. The summed E-state index contributed by atoms with van der Waals surface area (Å²) in [5.74, 6) is 0. The van der Waals surface area contributed by atoms with Gasteiger partial charge < -0.3 is 10.1 Å². The number of nitrogens with one attached hydrogen (secondary N) is 1. The van der Waals surface area contributed by atoms with E-state index in [1.807, 2.05) is 12.4 Å². The zero-order chi connectivity index (χ0) is 15.9. The fourth-order valence-electron chi connectivity index (χ4n) is 4.04. The normalized spacial score (nSPS) is 30.9. The van der Waals surface area contributed by atoms with Crippen LogP contribution in [0, 0.1) is 0 Å². The molecule has 1 spiro atoms. The highest BCUT2D eigenvalue weighted by molar-refractivity contribution is 7.16. The summed E-state index contributed by atoms with van der Waals surface area (Å²) >= 11 is 8.00. The van der Waals surface area contributed by atoms with E-state index in [4.69, 9.17) is 16.3 Å². The highest BCUT2D eigenvalue weighted by atomic mass is 35.5. The van der Waals surface area contributed by atoms with E-state index in [0.29, 0.717) is 12.1 Å². The van der Waals surface area contributed by atoms with Crippen LogP contribution in [0.5, 0.6) is 0 Å². The highest BCUT2D eigenvalue weighted by Gasteiger charge is 2.43. The zero-order valence-electron chi connectivity index (χ0n) is 13.2. The number of fused-ring (bicyclic) bond motifs is 2. The number of pyridine rings is 1. The molecule has 0 saturated carbocycles. The van der Waals surface area contributed by atoms with Gasteiger partial charge in [-0.1, -0.05) is 11.6 Å². The number of aromatic nitrogens is 1. The van der Waals surface area contributed by atoms with Gasteiger partial charge in [0.15, 0.2) is 0 Å². The van der Waals surface area contributed by atoms with Crippen LogP contribution in [0.15, 0.2) is 30.6 Å². The second-order valence-electron chi connectivity index (χ2n) is 6.64. The highest BCUT2D eigenvalue weighted by Crippen LogP contribution is 2.48. The average Bonchev–Trinajstić information content (AvgIpc) is 2.85. The van der Waals surface area contributed by atoms with E-state index in [2.05, 4.69) is 35.4 Å². The van der Waals surface area contributed by atoms with Gasteiger partial charge in [-0.2, -0.15) is 0 Å². The molecule has 0 aromatic carbocycles. The first-order valence-electron chi connectivity index (χ1n) is 8.25. The molecule has 4 rings (SSSR count). The van der Waals surface area contributed by atoms with Crippen LogP contribution in [0.25, 0.3) is 0 Å². The summed E-state index contributed by atoms with van der Waals surface area (Å²) in [5, 5.41) is 3.77. The third-order valence-corrected chi connectivity index (χ3v) is 6.50. The van der Waals surface area contributed by atoms with Crippen molar-refractivity contribution < 1.29 is 4.74 Å². The lowest BCUT2D eigenvalue weighted by atomic mass is 9.85. The minimum atomic E-state index is -0.167. The van der Waals surface area contributed by atoms with Crippen LogP contribution >= 0.6 is 22.9 Å². The lowest BCUT2D eigenvalue weighted by molar-refractivity contribution is -0.0704. The summed E-state index contributed by atoms with van der Waals surface area (Å²) in [7, 11) is 0. The molecule has 2 aromatic heterocycles. The lowest BCUT2D eigenvalue weighted by Crippen LogP contribution is -2.38.